The second-order valence-corrected chi connectivity index (χ2v) is 11.8. The van der Waals surface area contributed by atoms with Gasteiger partial charge in [-0.3, -0.25) is 9.59 Å². The molecule has 1 aromatic heterocycles. The minimum absolute atomic E-state index is 0.345. The Morgan fingerprint density at radius 1 is 0.976 bits per heavy atom. The Kier molecular flexibility index (Phi) is 8.23. The van der Waals surface area contributed by atoms with Gasteiger partial charge in [0, 0.05) is 40.3 Å². The Hall–Kier alpha value is -4.36. The van der Waals surface area contributed by atoms with Crippen molar-refractivity contribution in [2.75, 3.05) is 5.32 Å². The molecule has 1 aliphatic rings. The van der Waals surface area contributed by atoms with Crippen molar-refractivity contribution in [2.24, 2.45) is 7.05 Å². The first-order chi connectivity index (χ1) is 20.0. The van der Waals surface area contributed by atoms with Crippen LogP contribution in [0.25, 0.3) is 28.2 Å². The van der Waals surface area contributed by atoms with Crippen molar-refractivity contribution < 1.29 is 19.5 Å². The van der Waals surface area contributed by atoms with Crippen LogP contribution in [0.15, 0.2) is 72.8 Å². The third-order valence-electron chi connectivity index (χ3n) is 7.96. The fraction of sp³-hybridized carbons (Fsp3) is 0.265. The Morgan fingerprint density at radius 3 is 2.29 bits per heavy atom. The minimum Gasteiger partial charge on any atom is -0.478 e. The van der Waals surface area contributed by atoms with Crippen molar-refractivity contribution in [3.05, 3.63) is 94.5 Å². The predicted molar refractivity (Wildman–Crippen MR) is 168 cm³/mol. The highest BCUT2D eigenvalue weighted by molar-refractivity contribution is 6.30. The van der Waals surface area contributed by atoms with Crippen molar-refractivity contribution in [1.82, 2.24) is 9.88 Å². The van der Waals surface area contributed by atoms with E-state index < -0.39 is 11.5 Å². The van der Waals surface area contributed by atoms with Crippen LogP contribution in [-0.4, -0.2) is 33.0 Å². The van der Waals surface area contributed by atoms with Gasteiger partial charge in [0.2, 0.25) is 5.91 Å². The van der Waals surface area contributed by atoms with Crippen LogP contribution in [0.3, 0.4) is 0 Å². The zero-order valence-corrected chi connectivity index (χ0v) is 24.7. The van der Waals surface area contributed by atoms with Crippen LogP contribution in [0.2, 0.25) is 5.02 Å². The van der Waals surface area contributed by atoms with E-state index in [0.717, 1.165) is 41.1 Å². The van der Waals surface area contributed by atoms with Crippen molar-refractivity contribution in [3.8, 4) is 11.3 Å². The molecule has 1 aliphatic carbocycles. The Balaban J connectivity index is 1.38. The van der Waals surface area contributed by atoms with Gasteiger partial charge >= 0.3 is 5.97 Å². The van der Waals surface area contributed by atoms with Crippen molar-refractivity contribution in [2.45, 2.75) is 51.0 Å². The number of benzene rings is 3. The lowest BCUT2D eigenvalue weighted by molar-refractivity contribution is -0.131. The molecule has 4 aromatic rings. The number of hydrogen-bond donors (Lipinski definition) is 3. The van der Waals surface area contributed by atoms with Gasteiger partial charge < -0.3 is 20.3 Å². The predicted octanol–water partition coefficient (Wildman–Crippen LogP) is 7.40. The van der Waals surface area contributed by atoms with E-state index in [4.69, 9.17) is 16.7 Å². The monoisotopic (exact) mass is 583 g/mol. The number of aliphatic carboxylic acids is 1. The zero-order chi connectivity index (χ0) is 30.0. The quantitative estimate of drug-likeness (QED) is 0.188. The average Bonchev–Trinajstić information content (AvgIpc) is 3.59. The van der Waals surface area contributed by atoms with Gasteiger partial charge in [0.05, 0.1) is 5.69 Å². The van der Waals surface area contributed by atoms with Gasteiger partial charge in [-0.2, -0.15) is 0 Å². The maximum absolute atomic E-state index is 13.4. The molecule has 216 valence electrons. The summed E-state index contributed by atoms with van der Waals surface area (Å²) in [5.74, 6) is -1.29. The van der Waals surface area contributed by atoms with Crippen LogP contribution in [-0.2, 0) is 16.6 Å². The number of aromatic nitrogens is 1. The SMILES string of the molecule is Cn1c(-c2ccc(Cl)cc2)c(C2CCCC2)c2ccc(C(=O)NC(C)(C)C(=O)Nc3ccc(/C=C/C(=O)O)cc3)cc21. The second-order valence-electron chi connectivity index (χ2n) is 11.4. The van der Waals surface area contributed by atoms with Gasteiger partial charge in [-0.25, -0.2) is 4.79 Å². The van der Waals surface area contributed by atoms with E-state index in [1.807, 2.05) is 49.5 Å². The summed E-state index contributed by atoms with van der Waals surface area (Å²) in [7, 11) is 2.03. The van der Waals surface area contributed by atoms with Gasteiger partial charge in [-0.15, -0.1) is 0 Å². The molecule has 0 spiro atoms. The molecule has 8 heteroatoms. The number of hydrogen-bond acceptors (Lipinski definition) is 3. The van der Waals surface area contributed by atoms with Crippen LogP contribution in [0.5, 0.6) is 0 Å². The molecule has 0 bridgehead atoms. The number of amides is 2. The van der Waals surface area contributed by atoms with Crippen LogP contribution >= 0.6 is 11.6 Å². The number of carbonyl (C=O) groups excluding carboxylic acids is 2. The summed E-state index contributed by atoms with van der Waals surface area (Å²) >= 11 is 6.19. The molecule has 1 heterocycles. The highest BCUT2D eigenvalue weighted by Crippen LogP contribution is 2.44. The molecule has 0 aliphatic heterocycles. The summed E-state index contributed by atoms with van der Waals surface area (Å²) in [4.78, 5) is 37.3. The number of fused-ring (bicyclic) bond motifs is 1. The van der Waals surface area contributed by atoms with Crippen LogP contribution in [0.4, 0.5) is 5.69 Å². The summed E-state index contributed by atoms with van der Waals surface area (Å²) in [6.45, 7) is 3.31. The number of nitrogens with one attached hydrogen (secondary N) is 2. The molecular formula is C34H34ClN3O4. The number of nitrogens with zero attached hydrogens (tertiary/aromatic N) is 1. The van der Waals surface area contributed by atoms with E-state index in [1.54, 1.807) is 38.1 Å². The number of carboxylic acids is 1. The largest absolute Gasteiger partial charge is 0.478 e. The van der Waals surface area contributed by atoms with E-state index in [-0.39, 0.29) is 11.8 Å². The summed E-state index contributed by atoms with van der Waals surface area (Å²) in [5.41, 5.74) is 5.02. The number of rotatable bonds is 8. The van der Waals surface area contributed by atoms with Crippen LogP contribution in [0, 0.1) is 0 Å². The van der Waals surface area contributed by atoms with Gasteiger partial charge in [-0.05, 0) is 91.8 Å². The third kappa shape index (κ3) is 6.11. The number of aryl methyl sites for hydroxylation is 1. The molecule has 3 N–H and O–H groups in total. The van der Waals surface area contributed by atoms with E-state index in [1.165, 1.54) is 24.5 Å². The average molecular weight is 584 g/mol. The van der Waals surface area contributed by atoms with Crippen molar-refractivity contribution >= 4 is 52.1 Å². The Morgan fingerprint density at radius 2 is 1.64 bits per heavy atom. The zero-order valence-electron chi connectivity index (χ0n) is 23.9. The Labute approximate surface area is 250 Å². The maximum Gasteiger partial charge on any atom is 0.328 e. The molecule has 1 fully saturated rings. The minimum atomic E-state index is -1.20. The highest BCUT2D eigenvalue weighted by Gasteiger charge is 2.31. The number of anilines is 1. The Bertz CT molecular complexity index is 1680. The summed E-state index contributed by atoms with van der Waals surface area (Å²) in [6, 6.07) is 20.4. The van der Waals surface area contributed by atoms with E-state index >= 15 is 0 Å². The third-order valence-corrected chi connectivity index (χ3v) is 8.22. The van der Waals surface area contributed by atoms with Gasteiger partial charge in [0.1, 0.15) is 5.54 Å². The lowest BCUT2D eigenvalue weighted by atomic mass is 9.91. The van der Waals surface area contributed by atoms with E-state index in [0.29, 0.717) is 27.8 Å². The molecule has 0 unspecified atom stereocenters. The fourth-order valence-electron chi connectivity index (χ4n) is 5.74. The summed E-state index contributed by atoms with van der Waals surface area (Å²) < 4.78 is 2.16. The van der Waals surface area contributed by atoms with Crippen LogP contribution in [0.1, 0.15) is 66.9 Å². The van der Waals surface area contributed by atoms with E-state index in [2.05, 4.69) is 15.2 Å². The first kappa shape index (κ1) is 29.1. The molecule has 7 nitrogen and oxygen atoms in total. The van der Waals surface area contributed by atoms with E-state index in [9.17, 15) is 14.4 Å². The van der Waals surface area contributed by atoms with Gasteiger partial charge in [-0.1, -0.05) is 54.8 Å². The van der Waals surface area contributed by atoms with Crippen molar-refractivity contribution in [3.63, 3.8) is 0 Å². The molecule has 5 rings (SSSR count). The number of carbonyl (C=O) groups is 3. The van der Waals surface area contributed by atoms with Crippen LogP contribution < -0.4 is 10.6 Å². The van der Waals surface area contributed by atoms with Gasteiger partial charge in [0.25, 0.3) is 5.91 Å². The first-order valence-corrected chi connectivity index (χ1v) is 14.4. The summed E-state index contributed by atoms with van der Waals surface area (Å²) in [6.07, 6.45) is 7.24. The molecule has 3 aromatic carbocycles. The molecule has 42 heavy (non-hydrogen) atoms. The lowest BCUT2D eigenvalue weighted by Crippen LogP contribution is -2.52. The molecule has 0 atom stereocenters. The molecule has 0 saturated heterocycles. The van der Waals surface area contributed by atoms with Gasteiger partial charge in [0.15, 0.2) is 0 Å². The molecular weight excluding hydrogens is 550 g/mol. The second kappa shape index (κ2) is 11.9. The molecule has 1 saturated carbocycles. The maximum atomic E-state index is 13.4. The first-order valence-electron chi connectivity index (χ1n) is 14.1. The standard InChI is InChI=1S/C34H34ClN3O4/c1-34(2,33(42)36-26-16-8-21(9-17-26)10-19-29(39)40)37-32(41)24-13-18-27-28(20-24)38(3)31(23-11-14-25(35)15-12-23)30(27)22-6-4-5-7-22/h8-20,22H,4-7H2,1-3H3,(H,36,42)(H,37,41)(H,39,40)/b19-10+. The fourth-order valence-corrected chi connectivity index (χ4v) is 5.86. The molecule has 2 amide bonds. The summed E-state index contributed by atoms with van der Waals surface area (Å²) in [5, 5.41) is 16.3. The smallest absolute Gasteiger partial charge is 0.328 e. The molecule has 0 radical (unpaired) electrons. The highest BCUT2D eigenvalue weighted by atomic mass is 35.5. The lowest BCUT2D eigenvalue weighted by Gasteiger charge is -2.25. The number of carboxylic acid groups (broad SMARTS) is 1. The topological polar surface area (TPSA) is 100 Å². The van der Waals surface area contributed by atoms with Crippen molar-refractivity contribution in [1.29, 1.82) is 0 Å². The number of halogens is 1. The normalized spacial score (nSPS) is 14.0.